The molecule has 0 aliphatic carbocycles. The Kier molecular flexibility index (Phi) is 5.80. The van der Waals surface area contributed by atoms with E-state index in [1.807, 2.05) is 30.3 Å². The Morgan fingerprint density at radius 3 is 2.61 bits per heavy atom. The fourth-order valence-electron chi connectivity index (χ4n) is 1.39. The van der Waals surface area contributed by atoms with E-state index in [9.17, 15) is 9.59 Å². The minimum Gasteiger partial charge on any atom is -0.384 e. The van der Waals surface area contributed by atoms with Crippen LogP contribution in [0, 0.1) is 0 Å². The number of hydrogen-bond acceptors (Lipinski definition) is 3. The summed E-state index contributed by atoms with van der Waals surface area (Å²) in [7, 11) is 3.08. The van der Waals surface area contributed by atoms with E-state index in [1.54, 1.807) is 19.4 Å². The van der Waals surface area contributed by atoms with Gasteiger partial charge >= 0.3 is 0 Å². The van der Waals surface area contributed by atoms with E-state index in [0.717, 1.165) is 5.56 Å². The molecule has 18 heavy (non-hydrogen) atoms. The van der Waals surface area contributed by atoms with E-state index in [0.29, 0.717) is 6.61 Å². The van der Waals surface area contributed by atoms with E-state index in [2.05, 4.69) is 0 Å². The molecule has 0 unspecified atom stereocenters. The Morgan fingerprint density at radius 2 is 2.06 bits per heavy atom. The van der Waals surface area contributed by atoms with E-state index in [-0.39, 0.29) is 18.0 Å². The molecular formula is C14H16NO3. The average Bonchev–Trinajstić information content (AvgIpc) is 2.42. The summed E-state index contributed by atoms with van der Waals surface area (Å²) in [6.45, 7) is 0.334. The molecule has 95 valence electrons. The first-order valence-corrected chi connectivity index (χ1v) is 5.59. The molecule has 0 spiro atoms. The molecule has 1 rings (SSSR count). The van der Waals surface area contributed by atoms with Gasteiger partial charge in [-0.2, -0.15) is 0 Å². The number of ether oxygens (including phenoxy) is 1. The van der Waals surface area contributed by atoms with Gasteiger partial charge in [0.05, 0.1) is 18.7 Å². The molecule has 1 radical (unpaired) electrons. The largest absolute Gasteiger partial charge is 0.384 e. The first-order valence-electron chi connectivity index (χ1n) is 5.59. The summed E-state index contributed by atoms with van der Waals surface area (Å²) in [5, 5.41) is 0. The summed E-state index contributed by atoms with van der Waals surface area (Å²) < 4.78 is 4.83. The summed E-state index contributed by atoms with van der Waals surface area (Å²) in [4.78, 5) is 23.9. The highest BCUT2D eigenvalue weighted by molar-refractivity contribution is 5.90. The predicted molar refractivity (Wildman–Crippen MR) is 69.4 cm³/mol. The van der Waals surface area contributed by atoms with Gasteiger partial charge in [-0.05, 0) is 11.6 Å². The minimum absolute atomic E-state index is 0.178. The van der Waals surface area contributed by atoms with Crippen LogP contribution in [-0.2, 0) is 14.3 Å². The fourth-order valence-corrected chi connectivity index (χ4v) is 1.39. The van der Waals surface area contributed by atoms with E-state index >= 15 is 0 Å². The number of carbonyl (C=O) groups excluding carboxylic acids is 2. The molecule has 0 bridgehead atoms. The molecule has 0 aromatic heterocycles. The molecule has 1 aromatic carbocycles. The van der Waals surface area contributed by atoms with Crippen molar-refractivity contribution in [2.75, 3.05) is 20.8 Å². The molecular weight excluding hydrogens is 230 g/mol. The normalized spacial score (nSPS) is 11.1. The number of amides is 1. The Morgan fingerprint density at radius 1 is 1.39 bits per heavy atom. The highest BCUT2D eigenvalue weighted by Gasteiger charge is 2.13. The van der Waals surface area contributed by atoms with Gasteiger partial charge in [-0.3, -0.25) is 9.59 Å². The van der Waals surface area contributed by atoms with Gasteiger partial charge in [-0.25, -0.2) is 0 Å². The Labute approximate surface area is 107 Å². The van der Waals surface area contributed by atoms with Gasteiger partial charge in [-0.1, -0.05) is 30.3 Å². The number of rotatable bonds is 6. The number of allylic oxidation sites excluding steroid dienone is 1. The summed E-state index contributed by atoms with van der Waals surface area (Å²) in [5.41, 5.74) is 1.06. The first kappa shape index (κ1) is 14.1. The maximum absolute atomic E-state index is 11.7. The van der Waals surface area contributed by atoms with Crippen molar-refractivity contribution in [2.24, 2.45) is 0 Å². The third-order valence-electron chi connectivity index (χ3n) is 2.46. The lowest BCUT2D eigenvalue weighted by atomic mass is 10.2. The van der Waals surface area contributed by atoms with Crippen LogP contribution in [0.5, 0.6) is 0 Å². The second-order valence-corrected chi connectivity index (χ2v) is 3.74. The highest BCUT2D eigenvalue weighted by Crippen LogP contribution is 2.09. The molecule has 4 nitrogen and oxygen atoms in total. The molecule has 0 atom stereocenters. The second kappa shape index (κ2) is 7.40. The smallest absolute Gasteiger partial charge is 0.251 e. The van der Waals surface area contributed by atoms with Gasteiger partial charge in [0.1, 0.15) is 0 Å². The van der Waals surface area contributed by atoms with Crippen molar-refractivity contribution in [1.82, 2.24) is 4.90 Å². The Hall–Kier alpha value is -1.94. The fraction of sp³-hybridized carbons (Fsp3) is 0.286. The zero-order valence-electron chi connectivity index (χ0n) is 10.6. The molecule has 0 aliphatic rings. The van der Waals surface area contributed by atoms with Gasteiger partial charge in [0, 0.05) is 14.2 Å². The molecule has 4 heteroatoms. The van der Waals surface area contributed by atoms with Crippen LogP contribution in [0.2, 0.25) is 0 Å². The van der Waals surface area contributed by atoms with Crippen LogP contribution in [0.15, 0.2) is 36.0 Å². The lowest BCUT2D eigenvalue weighted by molar-refractivity contribution is -0.128. The average molecular weight is 246 g/mol. The Bertz CT molecular complexity index is 426. The van der Waals surface area contributed by atoms with Crippen LogP contribution >= 0.6 is 0 Å². The topological polar surface area (TPSA) is 46.6 Å². The number of hydrogen-bond donors (Lipinski definition) is 0. The molecule has 0 saturated heterocycles. The van der Waals surface area contributed by atoms with E-state index in [1.165, 1.54) is 12.0 Å². The van der Waals surface area contributed by atoms with Crippen molar-refractivity contribution >= 4 is 18.3 Å². The SMILES string of the molecule is COCCC(=O)N(C)C([C]=O)=Cc1ccccc1. The van der Waals surface area contributed by atoms with Crippen LogP contribution in [0.25, 0.3) is 6.08 Å². The maximum Gasteiger partial charge on any atom is 0.251 e. The quantitative estimate of drug-likeness (QED) is 0.717. The highest BCUT2D eigenvalue weighted by atomic mass is 16.5. The summed E-state index contributed by atoms with van der Waals surface area (Å²) >= 11 is 0. The van der Waals surface area contributed by atoms with Gasteiger partial charge in [0.15, 0.2) is 0 Å². The van der Waals surface area contributed by atoms with Crippen molar-refractivity contribution in [1.29, 1.82) is 0 Å². The summed E-state index contributed by atoms with van der Waals surface area (Å²) in [5.74, 6) is -0.178. The number of nitrogens with zero attached hydrogens (tertiary/aromatic N) is 1. The van der Waals surface area contributed by atoms with Crippen molar-refractivity contribution in [3.8, 4) is 0 Å². The second-order valence-electron chi connectivity index (χ2n) is 3.74. The zero-order chi connectivity index (χ0) is 13.4. The van der Waals surface area contributed by atoms with Crippen LogP contribution in [0.3, 0.4) is 0 Å². The molecule has 0 fully saturated rings. The van der Waals surface area contributed by atoms with Crippen molar-refractivity contribution in [3.63, 3.8) is 0 Å². The maximum atomic E-state index is 11.7. The van der Waals surface area contributed by atoms with Gasteiger partial charge < -0.3 is 9.64 Å². The molecule has 0 saturated carbocycles. The summed E-state index contributed by atoms with van der Waals surface area (Å²) in [6.07, 6.45) is 3.64. The number of methoxy groups -OCH3 is 1. The zero-order valence-corrected chi connectivity index (χ0v) is 10.6. The molecule has 0 heterocycles. The van der Waals surface area contributed by atoms with Crippen LogP contribution in [0.4, 0.5) is 0 Å². The third-order valence-corrected chi connectivity index (χ3v) is 2.46. The first-order chi connectivity index (χ1) is 8.69. The predicted octanol–water partition coefficient (Wildman–Crippen LogP) is 1.63. The van der Waals surface area contributed by atoms with Crippen LogP contribution < -0.4 is 0 Å². The number of likely N-dealkylation sites (N-methyl/N-ethyl adjacent to an activating group) is 1. The summed E-state index contributed by atoms with van der Waals surface area (Å²) in [6, 6.07) is 9.31. The van der Waals surface area contributed by atoms with Crippen molar-refractivity contribution in [2.45, 2.75) is 6.42 Å². The lowest BCUT2D eigenvalue weighted by Gasteiger charge is -2.16. The van der Waals surface area contributed by atoms with Crippen LogP contribution in [-0.4, -0.2) is 37.9 Å². The minimum atomic E-state index is -0.178. The van der Waals surface area contributed by atoms with Gasteiger partial charge in [0.2, 0.25) is 5.91 Å². The molecule has 1 amide bonds. The standard InChI is InChI=1S/C14H16NO3/c1-15(14(17)8-9-18-2)13(11-16)10-12-6-4-3-5-7-12/h3-7,10H,8-9H2,1-2H3. The van der Waals surface area contributed by atoms with E-state index in [4.69, 9.17) is 4.74 Å². The van der Waals surface area contributed by atoms with E-state index < -0.39 is 0 Å². The molecule has 0 aliphatic heterocycles. The van der Waals surface area contributed by atoms with Crippen LogP contribution in [0.1, 0.15) is 12.0 Å². The van der Waals surface area contributed by atoms with Gasteiger partial charge in [0.25, 0.3) is 6.29 Å². The monoisotopic (exact) mass is 246 g/mol. The number of carbonyl (C=O) groups is 1. The molecule has 0 N–H and O–H groups in total. The third kappa shape index (κ3) is 4.14. The lowest BCUT2D eigenvalue weighted by Crippen LogP contribution is -2.27. The van der Waals surface area contributed by atoms with Gasteiger partial charge in [-0.15, -0.1) is 0 Å². The molecule has 1 aromatic rings. The van der Waals surface area contributed by atoms with Crippen molar-refractivity contribution < 1.29 is 14.3 Å². The number of benzene rings is 1. The Balaban J connectivity index is 2.80. The van der Waals surface area contributed by atoms with Crippen molar-refractivity contribution in [3.05, 3.63) is 41.6 Å².